The fraction of sp³-hybridized carbons (Fsp3) is 0.0625. The molecule has 7 rings (SSSR count). The maximum Gasteiger partial charge on any atom is 0.160 e. The lowest BCUT2D eigenvalue weighted by Gasteiger charge is -2.13. The van der Waals surface area contributed by atoms with E-state index in [0.29, 0.717) is 5.82 Å². The molecule has 6 aromatic rings. The standard InChI is InChI=1S/C32H21BrClN3/c33-22-13-9-21(10-14-22)32-35-28-18-15-23(34)19-27(28)31(36-32)20-11-16-24(17-12-20)37-29-7-3-1-5-25(29)26-6-2-4-8-30(26)37/h1-14,16-19,23H,15H2/t23-/m1/s1. The Hall–Kier alpha value is -3.73. The van der Waals surface area contributed by atoms with Crippen molar-refractivity contribution in [1.29, 1.82) is 0 Å². The van der Waals surface area contributed by atoms with Gasteiger partial charge in [0.05, 0.1) is 27.5 Å². The highest BCUT2D eigenvalue weighted by atomic mass is 79.9. The highest BCUT2D eigenvalue weighted by molar-refractivity contribution is 9.10. The first-order valence-corrected chi connectivity index (χ1v) is 13.5. The van der Waals surface area contributed by atoms with Crippen LogP contribution in [0.15, 0.2) is 102 Å². The van der Waals surface area contributed by atoms with Crippen molar-refractivity contribution in [2.45, 2.75) is 11.8 Å². The van der Waals surface area contributed by atoms with Crippen molar-refractivity contribution in [1.82, 2.24) is 14.5 Å². The van der Waals surface area contributed by atoms with Gasteiger partial charge in [0, 0.05) is 37.3 Å². The highest BCUT2D eigenvalue weighted by Gasteiger charge is 2.15. The van der Waals surface area contributed by atoms with Gasteiger partial charge in [-0.3, -0.25) is 0 Å². The molecule has 4 aromatic carbocycles. The van der Waals surface area contributed by atoms with E-state index < -0.39 is 0 Å². The molecule has 2 aromatic heterocycles. The summed E-state index contributed by atoms with van der Waals surface area (Å²) in [5.41, 5.74) is 6.43. The molecule has 5 heteroatoms. The first-order valence-electron chi connectivity index (χ1n) is 12.2. The van der Waals surface area contributed by atoms with Gasteiger partial charge in [-0.05, 0) is 42.8 Å². The molecule has 0 amide bonds. The lowest BCUT2D eigenvalue weighted by atomic mass is 10.0. The number of halogens is 2. The SMILES string of the molecule is Cl[C@H]1C=c2c(-c3ccc(-n4c5ccccc5c5ccccc54)cc3)nc(-c3ccc(Br)cc3)nc2=CC1. The second kappa shape index (κ2) is 8.98. The Labute approximate surface area is 227 Å². The van der Waals surface area contributed by atoms with Gasteiger partial charge in [0.1, 0.15) is 0 Å². The number of alkyl halides is 1. The van der Waals surface area contributed by atoms with Crippen LogP contribution in [0.1, 0.15) is 6.42 Å². The van der Waals surface area contributed by atoms with E-state index >= 15 is 0 Å². The Morgan fingerprint density at radius 2 is 1.35 bits per heavy atom. The zero-order valence-electron chi connectivity index (χ0n) is 19.8. The van der Waals surface area contributed by atoms with E-state index in [9.17, 15) is 0 Å². The normalized spacial score (nSPS) is 14.8. The van der Waals surface area contributed by atoms with Crippen LogP contribution in [-0.4, -0.2) is 19.9 Å². The number of para-hydroxylation sites is 2. The molecule has 3 nitrogen and oxygen atoms in total. The van der Waals surface area contributed by atoms with Crippen LogP contribution in [0, 0.1) is 0 Å². The molecule has 0 aliphatic heterocycles. The lowest BCUT2D eigenvalue weighted by Crippen LogP contribution is -2.35. The van der Waals surface area contributed by atoms with E-state index in [1.807, 2.05) is 24.3 Å². The van der Waals surface area contributed by atoms with Gasteiger partial charge in [0.25, 0.3) is 0 Å². The molecule has 0 fully saturated rings. The van der Waals surface area contributed by atoms with Gasteiger partial charge in [-0.2, -0.15) is 0 Å². The van der Waals surface area contributed by atoms with Crippen molar-refractivity contribution in [2.24, 2.45) is 0 Å². The van der Waals surface area contributed by atoms with Crippen LogP contribution in [0.2, 0.25) is 0 Å². The van der Waals surface area contributed by atoms with Crippen LogP contribution in [-0.2, 0) is 0 Å². The van der Waals surface area contributed by atoms with Crippen LogP contribution >= 0.6 is 27.5 Å². The van der Waals surface area contributed by atoms with Crippen LogP contribution in [0.3, 0.4) is 0 Å². The summed E-state index contributed by atoms with van der Waals surface area (Å²) in [5.74, 6) is 0.713. The summed E-state index contributed by atoms with van der Waals surface area (Å²) in [6.45, 7) is 0. The van der Waals surface area contributed by atoms with Gasteiger partial charge in [0.15, 0.2) is 5.82 Å². The van der Waals surface area contributed by atoms with E-state index in [1.165, 1.54) is 21.8 Å². The minimum absolute atomic E-state index is 0.0646. The number of hydrogen-bond donors (Lipinski definition) is 0. The summed E-state index contributed by atoms with van der Waals surface area (Å²) in [6, 6.07) is 33.9. The molecule has 2 heterocycles. The van der Waals surface area contributed by atoms with E-state index in [4.69, 9.17) is 21.6 Å². The third-order valence-corrected chi connectivity index (χ3v) is 7.77. The quantitative estimate of drug-likeness (QED) is 0.213. The molecule has 0 N–H and O–H groups in total. The smallest absolute Gasteiger partial charge is 0.160 e. The summed E-state index contributed by atoms with van der Waals surface area (Å²) in [4.78, 5) is 9.92. The van der Waals surface area contributed by atoms with Crippen molar-refractivity contribution in [3.8, 4) is 28.3 Å². The van der Waals surface area contributed by atoms with Gasteiger partial charge >= 0.3 is 0 Å². The fourth-order valence-corrected chi connectivity index (χ4v) is 5.68. The molecule has 1 aliphatic rings. The second-order valence-corrected chi connectivity index (χ2v) is 10.7. The minimum atomic E-state index is -0.0646. The van der Waals surface area contributed by atoms with Crippen LogP contribution < -0.4 is 10.6 Å². The Morgan fingerprint density at radius 1 is 0.730 bits per heavy atom. The molecular formula is C32H21BrClN3. The number of rotatable bonds is 3. The first kappa shape index (κ1) is 22.5. The molecular weight excluding hydrogens is 542 g/mol. The molecule has 0 unspecified atom stereocenters. The predicted molar refractivity (Wildman–Crippen MR) is 157 cm³/mol. The minimum Gasteiger partial charge on any atom is -0.309 e. The Morgan fingerprint density at radius 3 is 2.03 bits per heavy atom. The average molecular weight is 563 g/mol. The summed E-state index contributed by atoms with van der Waals surface area (Å²) in [7, 11) is 0. The number of nitrogens with zero attached hydrogens (tertiary/aromatic N) is 3. The number of fused-ring (bicyclic) bond motifs is 4. The van der Waals surface area contributed by atoms with Crippen molar-refractivity contribution in [2.75, 3.05) is 0 Å². The third kappa shape index (κ3) is 3.88. The number of benzene rings is 4. The molecule has 0 saturated carbocycles. The average Bonchev–Trinajstić information content (AvgIpc) is 3.27. The Bertz CT molecular complexity index is 1870. The van der Waals surface area contributed by atoms with Crippen molar-refractivity contribution >= 4 is 61.5 Å². The number of aromatic nitrogens is 3. The highest BCUT2D eigenvalue weighted by Crippen LogP contribution is 2.32. The van der Waals surface area contributed by atoms with Gasteiger partial charge in [-0.1, -0.05) is 88.7 Å². The Balaban J connectivity index is 1.41. The van der Waals surface area contributed by atoms with Gasteiger partial charge < -0.3 is 4.57 Å². The number of hydrogen-bond acceptors (Lipinski definition) is 2. The topological polar surface area (TPSA) is 30.7 Å². The zero-order valence-corrected chi connectivity index (χ0v) is 22.1. The van der Waals surface area contributed by atoms with E-state index in [-0.39, 0.29) is 5.38 Å². The van der Waals surface area contributed by atoms with Crippen LogP contribution in [0.25, 0.3) is 62.3 Å². The summed E-state index contributed by atoms with van der Waals surface area (Å²) in [5, 5.41) is 4.38. The molecule has 0 saturated heterocycles. The summed E-state index contributed by atoms with van der Waals surface area (Å²) < 4.78 is 3.35. The monoisotopic (exact) mass is 561 g/mol. The van der Waals surface area contributed by atoms with Gasteiger partial charge in [-0.25, -0.2) is 9.97 Å². The third-order valence-electron chi connectivity index (χ3n) is 6.94. The predicted octanol–water partition coefficient (Wildman–Crippen LogP) is 7.24. The summed E-state index contributed by atoms with van der Waals surface area (Å²) in [6.07, 6.45) is 4.96. The molecule has 0 spiro atoms. The van der Waals surface area contributed by atoms with Gasteiger partial charge in [-0.15, -0.1) is 11.6 Å². The van der Waals surface area contributed by atoms with Crippen LogP contribution in [0.5, 0.6) is 0 Å². The Kier molecular flexibility index (Phi) is 5.45. The molecule has 1 atom stereocenters. The largest absolute Gasteiger partial charge is 0.309 e. The fourth-order valence-electron chi connectivity index (χ4n) is 5.20. The molecule has 178 valence electrons. The van der Waals surface area contributed by atoms with E-state index in [2.05, 4.69) is 105 Å². The zero-order chi connectivity index (χ0) is 24.9. The van der Waals surface area contributed by atoms with E-state index in [0.717, 1.165) is 44.0 Å². The van der Waals surface area contributed by atoms with Crippen molar-refractivity contribution in [3.05, 3.63) is 112 Å². The molecule has 37 heavy (non-hydrogen) atoms. The first-order chi connectivity index (χ1) is 18.2. The summed E-state index contributed by atoms with van der Waals surface area (Å²) >= 11 is 10.1. The lowest BCUT2D eigenvalue weighted by molar-refractivity contribution is 1.05. The van der Waals surface area contributed by atoms with Crippen molar-refractivity contribution < 1.29 is 0 Å². The molecule has 0 radical (unpaired) electrons. The van der Waals surface area contributed by atoms with Crippen molar-refractivity contribution in [3.63, 3.8) is 0 Å². The molecule has 0 bridgehead atoms. The van der Waals surface area contributed by atoms with Gasteiger partial charge in [0.2, 0.25) is 0 Å². The van der Waals surface area contributed by atoms with E-state index in [1.54, 1.807) is 0 Å². The second-order valence-electron chi connectivity index (χ2n) is 9.24. The molecule has 1 aliphatic carbocycles. The maximum absolute atomic E-state index is 6.53. The van der Waals surface area contributed by atoms with Crippen LogP contribution in [0.4, 0.5) is 0 Å². The maximum atomic E-state index is 6.53.